The highest BCUT2D eigenvalue weighted by molar-refractivity contribution is 5.97. The van der Waals surface area contributed by atoms with Crippen LogP contribution in [0.25, 0.3) is 11.1 Å². The van der Waals surface area contributed by atoms with Crippen LogP contribution >= 0.6 is 0 Å². The first-order valence-corrected chi connectivity index (χ1v) is 9.16. The van der Waals surface area contributed by atoms with Gasteiger partial charge in [0.1, 0.15) is 5.69 Å². The molecule has 1 aromatic carbocycles. The van der Waals surface area contributed by atoms with E-state index in [1.165, 1.54) is 6.07 Å². The normalized spacial score (nSPS) is 15.4. The minimum Gasteiger partial charge on any atom is -0.463 e. The van der Waals surface area contributed by atoms with Gasteiger partial charge in [-0.25, -0.2) is 0 Å². The van der Waals surface area contributed by atoms with E-state index in [2.05, 4.69) is 0 Å². The minimum atomic E-state index is -4.36. The molecule has 4 rings (SSSR count). The van der Waals surface area contributed by atoms with Crippen LogP contribution < -0.4 is 4.90 Å². The lowest BCUT2D eigenvalue weighted by atomic mass is 10.1. The summed E-state index contributed by atoms with van der Waals surface area (Å²) in [7, 11) is 0. The number of rotatable bonds is 3. The van der Waals surface area contributed by atoms with Crippen LogP contribution in [0, 0.1) is 0 Å². The summed E-state index contributed by atoms with van der Waals surface area (Å²) in [6.07, 6.45) is -2.77. The van der Waals surface area contributed by atoms with E-state index in [9.17, 15) is 18.0 Å². The number of aromatic nitrogens is 1. The van der Waals surface area contributed by atoms with Crippen LogP contribution in [-0.2, 0) is 12.7 Å². The number of halogens is 3. The number of hydrogen-bond acceptors (Lipinski definition) is 3. The van der Waals surface area contributed by atoms with Crippen molar-refractivity contribution in [3.8, 4) is 0 Å². The summed E-state index contributed by atoms with van der Waals surface area (Å²) in [5, 5.41) is 0. The first-order valence-electron chi connectivity index (χ1n) is 9.16. The van der Waals surface area contributed by atoms with Crippen molar-refractivity contribution in [2.24, 2.45) is 0 Å². The van der Waals surface area contributed by atoms with Crippen LogP contribution in [-0.4, -0.2) is 41.6 Å². The van der Waals surface area contributed by atoms with E-state index < -0.39 is 11.7 Å². The molecule has 0 bridgehead atoms. The number of carbonyl (C=O) groups is 1. The maximum absolute atomic E-state index is 13.0. The Morgan fingerprint density at radius 3 is 2.54 bits per heavy atom. The third kappa shape index (κ3) is 3.23. The molecule has 28 heavy (non-hydrogen) atoms. The number of piperazine rings is 1. The molecule has 5 nitrogen and oxygen atoms in total. The van der Waals surface area contributed by atoms with Gasteiger partial charge in [0.2, 0.25) is 0 Å². The topological polar surface area (TPSA) is 41.6 Å². The first-order chi connectivity index (χ1) is 13.4. The van der Waals surface area contributed by atoms with Crippen LogP contribution in [0.15, 0.2) is 47.1 Å². The summed E-state index contributed by atoms with van der Waals surface area (Å²) >= 11 is 0. The number of amides is 1. The molecule has 3 aromatic rings. The SMILES string of the molecule is CCn1c(C(=O)N2CCN(c3cccc(C(F)(F)F)c3)CC2)cc2occc21. The van der Waals surface area contributed by atoms with Crippen molar-refractivity contribution in [2.75, 3.05) is 31.1 Å². The molecule has 0 unspecified atom stereocenters. The predicted octanol–water partition coefficient (Wildman–Crippen LogP) is 4.24. The highest BCUT2D eigenvalue weighted by Gasteiger charge is 2.31. The lowest BCUT2D eigenvalue weighted by Crippen LogP contribution is -2.49. The van der Waals surface area contributed by atoms with Gasteiger partial charge in [0.05, 0.1) is 17.3 Å². The Labute approximate surface area is 159 Å². The molecule has 1 saturated heterocycles. The molecule has 3 heterocycles. The fourth-order valence-corrected chi connectivity index (χ4v) is 3.70. The second kappa shape index (κ2) is 6.92. The molecule has 1 aliphatic heterocycles. The number of alkyl halides is 3. The van der Waals surface area contributed by atoms with Gasteiger partial charge >= 0.3 is 6.18 Å². The maximum Gasteiger partial charge on any atom is 0.416 e. The van der Waals surface area contributed by atoms with Gasteiger partial charge in [-0.15, -0.1) is 0 Å². The van der Waals surface area contributed by atoms with Gasteiger partial charge in [-0.3, -0.25) is 4.79 Å². The fourth-order valence-electron chi connectivity index (χ4n) is 3.70. The largest absolute Gasteiger partial charge is 0.463 e. The zero-order valence-electron chi connectivity index (χ0n) is 15.4. The van der Waals surface area contributed by atoms with Gasteiger partial charge in [-0.1, -0.05) is 6.07 Å². The lowest BCUT2D eigenvalue weighted by Gasteiger charge is -2.36. The Morgan fingerprint density at radius 1 is 1.11 bits per heavy atom. The second-order valence-corrected chi connectivity index (χ2v) is 6.77. The van der Waals surface area contributed by atoms with Gasteiger partial charge in [-0.05, 0) is 25.1 Å². The summed E-state index contributed by atoms with van der Waals surface area (Å²) in [6, 6.07) is 8.90. The van der Waals surface area contributed by atoms with Crippen LogP contribution in [0.2, 0.25) is 0 Å². The first kappa shape index (κ1) is 18.5. The standard InChI is InChI=1S/C20H20F3N3O2/c1-2-26-16-6-11-28-18(16)13-17(26)19(27)25-9-7-24(8-10-25)15-5-3-4-14(12-15)20(21,22)23/h3-6,11-13H,2,7-10H2,1H3. The molecule has 1 amide bonds. The van der Waals surface area contributed by atoms with E-state index in [1.807, 2.05) is 22.5 Å². The molecule has 0 aliphatic carbocycles. The number of benzene rings is 1. The van der Waals surface area contributed by atoms with Crippen molar-refractivity contribution in [1.29, 1.82) is 0 Å². The maximum atomic E-state index is 13.0. The van der Waals surface area contributed by atoms with Gasteiger partial charge < -0.3 is 18.8 Å². The van der Waals surface area contributed by atoms with Crippen LogP contribution in [0.5, 0.6) is 0 Å². The third-order valence-electron chi connectivity index (χ3n) is 5.16. The summed E-state index contributed by atoms with van der Waals surface area (Å²) in [6.45, 7) is 4.48. The van der Waals surface area contributed by atoms with Crippen LogP contribution in [0.1, 0.15) is 23.0 Å². The Bertz CT molecular complexity index is 998. The summed E-state index contributed by atoms with van der Waals surface area (Å²) < 4.78 is 46.1. The van der Waals surface area contributed by atoms with Gasteiger partial charge in [0.25, 0.3) is 5.91 Å². The number of carbonyl (C=O) groups excluding carboxylic acids is 1. The number of fused-ring (bicyclic) bond motifs is 1. The van der Waals surface area contributed by atoms with Crippen LogP contribution in [0.3, 0.4) is 0 Å². The number of furan rings is 1. The van der Waals surface area contributed by atoms with Crippen molar-refractivity contribution >= 4 is 22.7 Å². The number of hydrogen-bond donors (Lipinski definition) is 0. The lowest BCUT2D eigenvalue weighted by molar-refractivity contribution is -0.137. The molecule has 1 aliphatic rings. The molecule has 0 atom stereocenters. The van der Waals surface area contributed by atoms with Crippen molar-refractivity contribution < 1.29 is 22.4 Å². The fraction of sp³-hybridized carbons (Fsp3) is 0.350. The average molecular weight is 391 g/mol. The average Bonchev–Trinajstić information content (AvgIpc) is 3.28. The molecule has 2 aromatic heterocycles. The Hall–Kier alpha value is -2.90. The van der Waals surface area contributed by atoms with E-state index in [-0.39, 0.29) is 5.91 Å². The summed E-state index contributed by atoms with van der Waals surface area (Å²) in [4.78, 5) is 16.6. The van der Waals surface area contributed by atoms with E-state index in [0.29, 0.717) is 49.7 Å². The smallest absolute Gasteiger partial charge is 0.416 e. The van der Waals surface area contributed by atoms with E-state index in [0.717, 1.165) is 17.6 Å². The van der Waals surface area contributed by atoms with Crippen molar-refractivity contribution in [1.82, 2.24) is 9.47 Å². The van der Waals surface area contributed by atoms with E-state index in [1.54, 1.807) is 23.3 Å². The molecule has 8 heteroatoms. The third-order valence-corrected chi connectivity index (χ3v) is 5.16. The molecule has 0 radical (unpaired) electrons. The van der Waals surface area contributed by atoms with Gasteiger partial charge in [-0.2, -0.15) is 13.2 Å². The predicted molar refractivity (Wildman–Crippen MR) is 99.4 cm³/mol. The van der Waals surface area contributed by atoms with Crippen LogP contribution in [0.4, 0.5) is 18.9 Å². The number of aryl methyl sites for hydroxylation is 1. The molecular weight excluding hydrogens is 371 g/mol. The molecule has 0 spiro atoms. The molecule has 1 fully saturated rings. The summed E-state index contributed by atoms with van der Waals surface area (Å²) in [5.41, 5.74) is 1.99. The highest BCUT2D eigenvalue weighted by atomic mass is 19.4. The molecule has 148 valence electrons. The molecule has 0 saturated carbocycles. The minimum absolute atomic E-state index is 0.0862. The number of nitrogens with zero attached hydrogens (tertiary/aromatic N) is 3. The van der Waals surface area contributed by atoms with E-state index >= 15 is 0 Å². The molecular formula is C20H20F3N3O2. The Morgan fingerprint density at radius 2 is 1.86 bits per heavy atom. The molecule has 0 N–H and O–H groups in total. The quantitative estimate of drug-likeness (QED) is 0.671. The second-order valence-electron chi connectivity index (χ2n) is 6.77. The van der Waals surface area contributed by atoms with Crippen molar-refractivity contribution in [3.63, 3.8) is 0 Å². The van der Waals surface area contributed by atoms with Crippen molar-refractivity contribution in [3.05, 3.63) is 53.9 Å². The zero-order valence-corrected chi connectivity index (χ0v) is 15.4. The Balaban J connectivity index is 1.48. The van der Waals surface area contributed by atoms with Crippen molar-refractivity contribution in [2.45, 2.75) is 19.6 Å². The zero-order chi connectivity index (χ0) is 19.9. The highest BCUT2D eigenvalue weighted by Crippen LogP contribution is 2.32. The monoisotopic (exact) mass is 391 g/mol. The Kier molecular flexibility index (Phi) is 4.56. The summed E-state index contributed by atoms with van der Waals surface area (Å²) in [5.74, 6) is -0.0862. The van der Waals surface area contributed by atoms with E-state index in [4.69, 9.17) is 4.42 Å². The number of anilines is 1. The van der Waals surface area contributed by atoms with Gasteiger partial charge in [0.15, 0.2) is 5.58 Å². The van der Waals surface area contributed by atoms with Gasteiger partial charge in [0, 0.05) is 50.5 Å².